The number of benzene rings is 2. The zero-order chi connectivity index (χ0) is 15.4. The summed E-state index contributed by atoms with van der Waals surface area (Å²) in [7, 11) is 0. The second-order valence-electron chi connectivity index (χ2n) is 4.61. The highest BCUT2D eigenvalue weighted by atomic mass is 16.4. The summed E-state index contributed by atoms with van der Waals surface area (Å²) in [5, 5.41) is 21.7. The summed E-state index contributed by atoms with van der Waals surface area (Å²) in [5.74, 6) is -1.80. The lowest BCUT2D eigenvalue weighted by Gasteiger charge is -2.14. The molecule has 2 aromatic rings. The highest BCUT2D eigenvalue weighted by Crippen LogP contribution is 2.21. The second-order valence-corrected chi connectivity index (χ2v) is 4.61. The number of anilines is 1. The first-order valence-corrected chi connectivity index (χ1v) is 6.37. The number of hydrogen-bond acceptors (Lipinski definition) is 3. The number of amides is 1. The average Bonchev–Trinajstić information content (AvgIpc) is 2.47. The molecule has 0 saturated carbocycles. The predicted octanol–water partition coefficient (Wildman–Crippen LogP) is 2.37. The third kappa shape index (κ3) is 3.27. The quantitative estimate of drug-likeness (QED) is 0.805. The van der Waals surface area contributed by atoms with Gasteiger partial charge in [0.15, 0.2) is 6.10 Å². The van der Waals surface area contributed by atoms with Crippen molar-refractivity contribution in [2.75, 3.05) is 5.32 Å². The molecular formula is C16H15NO4. The molecule has 0 bridgehead atoms. The Bertz CT molecular complexity index is 667. The van der Waals surface area contributed by atoms with Crippen LogP contribution in [0.25, 0.3) is 0 Å². The van der Waals surface area contributed by atoms with Gasteiger partial charge in [0.2, 0.25) is 0 Å². The van der Waals surface area contributed by atoms with E-state index in [9.17, 15) is 19.8 Å². The summed E-state index contributed by atoms with van der Waals surface area (Å²) in [6, 6.07) is 13.2. The van der Waals surface area contributed by atoms with Crippen molar-refractivity contribution < 1.29 is 19.8 Å². The van der Waals surface area contributed by atoms with E-state index in [2.05, 4.69) is 5.32 Å². The fourth-order valence-electron chi connectivity index (χ4n) is 2.04. The number of carboxylic acid groups (broad SMARTS) is 1. The lowest BCUT2D eigenvalue weighted by molar-refractivity contribution is -0.124. The normalized spacial score (nSPS) is 11.7. The van der Waals surface area contributed by atoms with E-state index in [1.807, 2.05) is 0 Å². The van der Waals surface area contributed by atoms with Crippen LogP contribution in [0.15, 0.2) is 48.5 Å². The van der Waals surface area contributed by atoms with E-state index < -0.39 is 18.0 Å². The summed E-state index contributed by atoms with van der Waals surface area (Å²) in [6.45, 7) is 1.65. The van der Waals surface area contributed by atoms with Crippen molar-refractivity contribution in [3.8, 4) is 0 Å². The van der Waals surface area contributed by atoms with Crippen LogP contribution < -0.4 is 5.32 Å². The third-order valence-electron chi connectivity index (χ3n) is 3.11. The van der Waals surface area contributed by atoms with Crippen LogP contribution in [0.4, 0.5) is 5.69 Å². The van der Waals surface area contributed by atoms with Crippen molar-refractivity contribution >= 4 is 17.6 Å². The molecule has 2 aromatic carbocycles. The van der Waals surface area contributed by atoms with E-state index in [1.165, 1.54) is 6.07 Å². The fraction of sp³-hybridized carbons (Fsp3) is 0.125. The molecule has 5 nitrogen and oxygen atoms in total. The number of aliphatic hydroxyl groups excluding tert-OH is 1. The standard InChI is InChI=1S/C16H15NO4/c1-10-6-5-9-12(13(10)16(20)21)17-15(19)14(18)11-7-3-2-4-8-11/h2-9,14,18H,1H3,(H,17,19)(H,20,21). The molecule has 21 heavy (non-hydrogen) atoms. The largest absolute Gasteiger partial charge is 0.478 e. The Labute approximate surface area is 121 Å². The maximum atomic E-state index is 12.0. The highest BCUT2D eigenvalue weighted by Gasteiger charge is 2.20. The molecule has 1 unspecified atom stereocenters. The topological polar surface area (TPSA) is 86.6 Å². The predicted molar refractivity (Wildman–Crippen MR) is 78.2 cm³/mol. The third-order valence-corrected chi connectivity index (χ3v) is 3.11. The van der Waals surface area contributed by atoms with Crippen molar-refractivity contribution in [3.05, 3.63) is 65.2 Å². The molecule has 1 atom stereocenters. The lowest BCUT2D eigenvalue weighted by Crippen LogP contribution is -2.22. The number of aryl methyl sites for hydroxylation is 1. The Kier molecular flexibility index (Phi) is 4.35. The molecule has 0 aliphatic rings. The van der Waals surface area contributed by atoms with Crippen LogP contribution >= 0.6 is 0 Å². The number of aliphatic hydroxyl groups is 1. The van der Waals surface area contributed by atoms with Crippen molar-refractivity contribution in [2.45, 2.75) is 13.0 Å². The van der Waals surface area contributed by atoms with Crippen LogP contribution in [0.3, 0.4) is 0 Å². The minimum atomic E-state index is -1.35. The van der Waals surface area contributed by atoms with E-state index >= 15 is 0 Å². The monoisotopic (exact) mass is 285 g/mol. The molecule has 0 aliphatic heterocycles. The van der Waals surface area contributed by atoms with E-state index in [0.29, 0.717) is 11.1 Å². The summed E-state index contributed by atoms with van der Waals surface area (Å²) in [6.07, 6.45) is -1.35. The van der Waals surface area contributed by atoms with Crippen LogP contribution in [0, 0.1) is 6.92 Å². The molecule has 108 valence electrons. The van der Waals surface area contributed by atoms with Crippen molar-refractivity contribution in [2.24, 2.45) is 0 Å². The number of aromatic carboxylic acids is 1. The van der Waals surface area contributed by atoms with Gasteiger partial charge in [-0.3, -0.25) is 4.79 Å². The number of nitrogens with one attached hydrogen (secondary N) is 1. The number of carbonyl (C=O) groups excluding carboxylic acids is 1. The van der Waals surface area contributed by atoms with Gasteiger partial charge < -0.3 is 15.5 Å². The lowest BCUT2D eigenvalue weighted by atomic mass is 10.1. The van der Waals surface area contributed by atoms with Crippen LogP contribution in [-0.2, 0) is 4.79 Å². The van der Waals surface area contributed by atoms with Gasteiger partial charge in [0.25, 0.3) is 5.91 Å². The van der Waals surface area contributed by atoms with Gasteiger partial charge in [0.1, 0.15) is 0 Å². The van der Waals surface area contributed by atoms with Gasteiger partial charge in [-0.15, -0.1) is 0 Å². The number of carboxylic acids is 1. The number of hydrogen-bond donors (Lipinski definition) is 3. The summed E-state index contributed by atoms with van der Waals surface area (Å²) >= 11 is 0. The molecule has 0 spiro atoms. The van der Waals surface area contributed by atoms with Crippen LogP contribution in [0.5, 0.6) is 0 Å². The molecule has 0 saturated heterocycles. The molecule has 0 aromatic heterocycles. The van der Waals surface area contributed by atoms with Gasteiger partial charge in [-0.25, -0.2) is 4.79 Å². The molecule has 0 fully saturated rings. The van der Waals surface area contributed by atoms with Gasteiger partial charge >= 0.3 is 5.97 Å². The van der Waals surface area contributed by atoms with Crippen LogP contribution in [-0.4, -0.2) is 22.1 Å². The Morgan fingerprint density at radius 1 is 1.05 bits per heavy atom. The Hall–Kier alpha value is -2.66. The first-order chi connectivity index (χ1) is 10.0. The SMILES string of the molecule is Cc1cccc(NC(=O)C(O)c2ccccc2)c1C(=O)O. The van der Waals surface area contributed by atoms with Gasteiger partial charge in [0.05, 0.1) is 11.3 Å². The molecule has 0 aliphatic carbocycles. The minimum Gasteiger partial charge on any atom is -0.478 e. The van der Waals surface area contributed by atoms with Crippen LogP contribution in [0.1, 0.15) is 27.6 Å². The van der Waals surface area contributed by atoms with E-state index in [0.717, 1.165) is 0 Å². The first kappa shape index (κ1) is 14.7. The van der Waals surface area contributed by atoms with Crippen molar-refractivity contribution in [1.82, 2.24) is 0 Å². The maximum absolute atomic E-state index is 12.0. The van der Waals surface area contributed by atoms with Crippen LogP contribution in [0.2, 0.25) is 0 Å². The smallest absolute Gasteiger partial charge is 0.338 e. The molecular weight excluding hydrogens is 270 g/mol. The Morgan fingerprint density at radius 2 is 1.71 bits per heavy atom. The molecule has 0 radical (unpaired) electrons. The zero-order valence-corrected chi connectivity index (χ0v) is 11.4. The molecule has 3 N–H and O–H groups in total. The van der Waals surface area contributed by atoms with Crippen molar-refractivity contribution in [1.29, 1.82) is 0 Å². The summed E-state index contributed by atoms with van der Waals surface area (Å²) in [5.41, 5.74) is 1.17. The van der Waals surface area contributed by atoms with E-state index in [4.69, 9.17) is 0 Å². The maximum Gasteiger partial charge on any atom is 0.338 e. The fourth-order valence-corrected chi connectivity index (χ4v) is 2.04. The highest BCUT2D eigenvalue weighted by molar-refractivity contribution is 6.02. The van der Waals surface area contributed by atoms with Gasteiger partial charge in [-0.05, 0) is 24.1 Å². The van der Waals surface area contributed by atoms with Gasteiger partial charge in [-0.1, -0.05) is 42.5 Å². The second kappa shape index (κ2) is 6.19. The molecule has 5 heteroatoms. The number of rotatable bonds is 4. The average molecular weight is 285 g/mol. The summed E-state index contributed by atoms with van der Waals surface area (Å²) < 4.78 is 0. The number of carbonyl (C=O) groups is 2. The van der Waals surface area contributed by atoms with E-state index in [1.54, 1.807) is 49.4 Å². The molecule has 0 heterocycles. The Balaban J connectivity index is 2.25. The van der Waals surface area contributed by atoms with E-state index in [-0.39, 0.29) is 11.3 Å². The van der Waals surface area contributed by atoms with Gasteiger partial charge in [0, 0.05) is 0 Å². The minimum absolute atomic E-state index is 0.0195. The summed E-state index contributed by atoms with van der Waals surface area (Å²) in [4.78, 5) is 23.3. The molecule has 1 amide bonds. The Morgan fingerprint density at radius 3 is 2.33 bits per heavy atom. The zero-order valence-electron chi connectivity index (χ0n) is 11.4. The van der Waals surface area contributed by atoms with Gasteiger partial charge in [-0.2, -0.15) is 0 Å². The molecule has 2 rings (SSSR count). The first-order valence-electron chi connectivity index (χ1n) is 6.37. The van der Waals surface area contributed by atoms with Crippen molar-refractivity contribution in [3.63, 3.8) is 0 Å².